The van der Waals surface area contributed by atoms with Crippen molar-refractivity contribution in [3.8, 4) is 5.75 Å². The second-order valence-corrected chi connectivity index (χ2v) is 7.80. The minimum Gasteiger partial charge on any atom is -0.489 e. The molecule has 1 saturated heterocycles. The Morgan fingerprint density at radius 3 is 2.39 bits per heavy atom. The Kier molecular flexibility index (Phi) is 6.02. The van der Waals surface area contributed by atoms with E-state index in [1.807, 2.05) is 62.4 Å². The summed E-state index contributed by atoms with van der Waals surface area (Å²) in [5.74, 6) is 0.509. The lowest BCUT2D eigenvalue weighted by molar-refractivity contribution is -0.122. The van der Waals surface area contributed by atoms with Gasteiger partial charge in [0.05, 0.1) is 17.7 Å². The quantitative estimate of drug-likeness (QED) is 0.797. The summed E-state index contributed by atoms with van der Waals surface area (Å²) in [5.41, 5.74) is 2.70. The van der Waals surface area contributed by atoms with Gasteiger partial charge in [-0.05, 0) is 49.6 Å². The van der Waals surface area contributed by atoms with Crippen LogP contribution in [0.4, 0.5) is 11.4 Å². The molecular formula is C23H28N2O3. The minimum absolute atomic E-state index is 0.00964. The van der Waals surface area contributed by atoms with Crippen molar-refractivity contribution in [2.24, 2.45) is 5.92 Å². The topological polar surface area (TPSA) is 58.6 Å². The summed E-state index contributed by atoms with van der Waals surface area (Å²) in [6, 6.07) is 15.4. The smallest absolute Gasteiger partial charge is 0.229 e. The molecule has 1 N–H and O–H groups in total. The highest BCUT2D eigenvalue weighted by atomic mass is 16.5. The Bertz CT molecular complexity index is 843. The standard InChI is InChI=1S/C23H28N2O3/c1-15(2)17-9-11-19(12-10-17)25-14-18(13-22(25)26)23(27)24-20-7-5-6-8-21(20)28-16(3)4/h5-12,15-16,18H,13-14H2,1-4H3,(H,24,27). The van der Waals surface area contributed by atoms with Gasteiger partial charge in [-0.1, -0.05) is 38.1 Å². The minimum atomic E-state index is -0.385. The third kappa shape index (κ3) is 4.53. The lowest BCUT2D eigenvalue weighted by Crippen LogP contribution is -2.28. The van der Waals surface area contributed by atoms with Gasteiger partial charge < -0.3 is 15.0 Å². The Morgan fingerprint density at radius 2 is 1.75 bits per heavy atom. The molecule has 0 aromatic heterocycles. The summed E-state index contributed by atoms with van der Waals surface area (Å²) >= 11 is 0. The fraction of sp³-hybridized carbons (Fsp3) is 0.391. The van der Waals surface area contributed by atoms with E-state index in [0.29, 0.717) is 23.9 Å². The number of hydrogen-bond donors (Lipinski definition) is 1. The van der Waals surface area contributed by atoms with Gasteiger partial charge in [0.15, 0.2) is 0 Å². The van der Waals surface area contributed by atoms with E-state index in [0.717, 1.165) is 5.69 Å². The van der Waals surface area contributed by atoms with Crippen molar-refractivity contribution in [2.75, 3.05) is 16.8 Å². The molecule has 5 nitrogen and oxygen atoms in total. The molecule has 1 unspecified atom stereocenters. The zero-order valence-corrected chi connectivity index (χ0v) is 16.9. The maximum Gasteiger partial charge on any atom is 0.229 e. The fourth-order valence-corrected chi connectivity index (χ4v) is 3.33. The van der Waals surface area contributed by atoms with E-state index in [1.165, 1.54) is 5.56 Å². The van der Waals surface area contributed by atoms with Gasteiger partial charge in [-0.2, -0.15) is 0 Å². The Labute approximate surface area is 166 Å². The molecule has 28 heavy (non-hydrogen) atoms. The average molecular weight is 380 g/mol. The first kappa shape index (κ1) is 19.9. The predicted molar refractivity (Wildman–Crippen MR) is 112 cm³/mol. The van der Waals surface area contributed by atoms with E-state index in [4.69, 9.17) is 4.74 Å². The molecule has 1 fully saturated rings. The maximum atomic E-state index is 12.8. The van der Waals surface area contributed by atoms with Crippen LogP contribution < -0.4 is 15.0 Å². The van der Waals surface area contributed by atoms with Crippen LogP contribution in [-0.4, -0.2) is 24.5 Å². The average Bonchev–Trinajstić information content (AvgIpc) is 3.05. The van der Waals surface area contributed by atoms with Crippen LogP contribution in [0.3, 0.4) is 0 Å². The molecule has 0 saturated carbocycles. The second kappa shape index (κ2) is 8.46. The first-order valence-electron chi connectivity index (χ1n) is 9.82. The lowest BCUT2D eigenvalue weighted by Gasteiger charge is -2.18. The molecule has 1 atom stereocenters. The third-order valence-corrected chi connectivity index (χ3v) is 4.87. The first-order chi connectivity index (χ1) is 13.3. The van der Waals surface area contributed by atoms with E-state index >= 15 is 0 Å². The second-order valence-electron chi connectivity index (χ2n) is 7.80. The van der Waals surface area contributed by atoms with Crippen molar-refractivity contribution in [3.63, 3.8) is 0 Å². The summed E-state index contributed by atoms with van der Waals surface area (Å²) in [4.78, 5) is 27.0. The van der Waals surface area contributed by atoms with Gasteiger partial charge in [0, 0.05) is 18.7 Å². The molecular weight excluding hydrogens is 352 g/mol. The lowest BCUT2D eigenvalue weighted by atomic mass is 10.0. The van der Waals surface area contributed by atoms with Crippen LogP contribution >= 0.6 is 0 Å². The number of carbonyl (C=O) groups excluding carboxylic acids is 2. The van der Waals surface area contributed by atoms with Crippen LogP contribution in [0.15, 0.2) is 48.5 Å². The molecule has 148 valence electrons. The van der Waals surface area contributed by atoms with Crippen LogP contribution in [-0.2, 0) is 9.59 Å². The van der Waals surface area contributed by atoms with Crippen LogP contribution in [0.2, 0.25) is 0 Å². The largest absolute Gasteiger partial charge is 0.489 e. The first-order valence-corrected chi connectivity index (χ1v) is 9.82. The number of ether oxygens (including phenoxy) is 1. The van der Waals surface area contributed by atoms with E-state index < -0.39 is 0 Å². The summed E-state index contributed by atoms with van der Waals surface area (Å²) in [5, 5.41) is 2.93. The summed E-state index contributed by atoms with van der Waals surface area (Å²) < 4.78 is 5.76. The van der Waals surface area contributed by atoms with Crippen molar-refractivity contribution in [1.82, 2.24) is 0 Å². The predicted octanol–water partition coefficient (Wildman–Crippen LogP) is 4.59. The van der Waals surface area contributed by atoms with E-state index in [1.54, 1.807) is 4.90 Å². The summed E-state index contributed by atoms with van der Waals surface area (Å²) in [7, 11) is 0. The van der Waals surface area contributed by atoms with Gasteiger partial charge in [0.1, 0.15) is 5.75 Å². The number of nitrogens with zero attached hydrogens (tertiary/aromatic N) is 1. The van der Waals surface area contributed by atoms with Crippen molar-refractivity contribution < 1.29 is 14.3 Å². The molecule has 0 radical (unpaired) electrons. The molecule has 0 aliphatic carbocycles. The van der Waals surface area contributed by atoms with Crippen LogP contribution in [0.1, 0.15) is 45.6 Å². The van der Waals surface area contributed by atoms with E-state index in [2.05, 4.69) is 19.2 Å². The van der Waals surface area contributed by atoms with Gasteiger partial charge in [-0.3, -0.25) is 9.59 Å². The zero-order valence-electron chi connectivity index (χ0n) is 16.9. The van der Waals surface area contributed by atoms with Crippen LogP contribution in [0, 0.1) is 5.92 Å². The van der Waals surface area contributed by atoms with Crippen LogP contribution in [0.5, 0.6) is 5.75 Å². The molecule has 0 bridgehead atoms. The highest BCUT2D eigenvalue weighted by Crippen LogP contribution is 2.29. The normalized spacial score (nSPS) is 16.7. The maximum absolute atomic E-state index is 12.8. The number of carbonyl (C=O) groups is 2. The number of nitrogens with one attached hydrogen (secondary N) is 1. The molecule has 2 amide bonds. The Morgan fingerprint density at radius 1 is 1.07 bits per heavy atom. The molecule has 2 aromatic carbocycles. The Balaban J connectivity index is 1.69. The highest BCUT2D eigenvalue weighted by Gasteiger charge is 2.35. The number of anilines is 2. The molecule has 0 spiro atoms. The fourth-order valence-electron chi connectivity index (χ4n) is 3.33. The SMILES string of the molecule is CC(C)Oc1ccccc1NC(=O)C1CC(=O)N(c2ccc(C(C)C)cc2)C1. The molecule has 1 aliphatic rings. The number of benzene rings is 2. The van der Waals surface area contributed by atoms with Crippen molar-refractivity contribution in [2.45, 2.75) is 46.1 Å². The molecule has 3 rings (SSSR count). The number of hydrogen-bond acceptors (Lipinski definition) is 3. The van der Waals surface area contributed by atoms with Crippen molar-refractivity contribution >= 4 is 23.2 Å². The summed E-state index contributed by atoms with van der Waals surface area (Å²) in [6.07, 6.45) is 0.223. The number of rotatable bonds is 6. The number of amides is 2. The van der Waals surface area contributed by atoms with E-state index in [-0.39, 0.29) is 30.3 Å². The van der Waals surface area contributed by atoms with Gasteiger partial charge in [0.2, 0.25) is 11.8 Å². The van der Waals surface area contributed by atoms with Crippen molar-refractivity contribution in [1.29, 1.82) is 0 Å². The Hall–Kier alpha value is -2.82. The van der Waals surface area contributed by atoms with Gasteiger partial charge in [-0.25, -0.2) is 0 Å². The van der Waals surface area contributed by atoms with Gasteiger partial charge in [-0.15, -0.1) is 0 Å². The third-order valence-electron chi connectivity index (χ3n) is 4.87. The van der Waals surface area contributed by atoms with Crippen LogP contribution in [0.25, 0.3) is 0 Å². The molecule has 1 heterocycles. The summed E-state index contributed by atoms with van der Waals surface area (Å²) in [6.45, 7) is 8.54. The van der Waals surface area contributed by atoms with Crippen molar-refractivity contribution in [3.05, 3.63) is 54.1 Å². The van der Waals surface area contributed by atoms with E-state index in [9.17, 15) is 9.59 Å². The molecule has 2 aromatic rings. The highest BCUT2D eigenvalue weighted by molar-refractivity contribution is 6.03. The number of para-hydroxylation sites is 2. The monoisotopic (exact) mass is 380 g/mol. The zero-order chi connectivity index (χ0) is 20.3. The van der Waals surface area contributed by atoms with Gasteiger partial charge >= 0.3 is 0 Å². The molecule has 5 heteroatoms. The molecule has 1 aliphatic heterocycles. The van der Waals surface area contributed by atoms with Gasteiger partial charge in [0.25, 0.3) is 0 Å².